The van der Waals surface area contributed by atoms with Crippen LogP contribution in [0.2, 0.25) is 0 Å². The largest absolute Gasteiger partial charge is 0.493 e. The molecule has 3 rings (SSSR count). The first-order valence-corrected chi connectivity index (χ1v) is 9.30. The van der Waals surface area contributed by atoms with Gasteiger partial charge in [-0.1, -0.05) is 6.07 Å². The summed E-state index contributed by atoms with van der Waals surface area (Å²) in [5, 5.41) is 17.5. The standard InChI is InChI=1S/C21H23N3O5/c1-12(2)22-21(28)23-16-6-3-13(4-7-16)19(25)24-18(20(26)27)15-5-8-17-14(11-15)9-10-29-17/h3-8,11-12,18H,9-10H2,1-2H3,(H,24,25)(H,26,27)(H2,22,23,28). The Hall–Kier alpha value is -3.55. The highest BCUT2D eigenvalue weighted by atomic mass is 16.5. The SMILES string of the molecule is CC(C)NC(=O)Nc1ccc(C(=O)NC(C(=O)O)c2ccc3c(c2)CCO3)cc1. The summed E-state index contributed by atoms with van der Waals surface area (Å²) in [5.74, 6) is -0.929. The number of anilines is 1. The van der Waals surface area contributed by atoms with Crippen LogP contribution in [0.3, 0.4) is 0 Å². The highest BCUT2D eigenvalue weighted by Gasteiger charge is 2.24. The molecule has 0 aliphatic carbocycles. The lowest BCUT2D eigenvalue weighted by atomic mass is 10.0. The average molecular weight is 397 g/mol. The Balaban J connectivity index is 1.69. The third-order valence-electron chi connectivity index (χ3n) is 4.39. The van der Waals surface area contributed by atoms with Crippen molar-refractivity contribution >= 4 is 23.6 Å². The summed E-state index contributed by atoms with van der Waals surface area (Å²) < 4.78 is 5.43. The monoisotopic (exact) mass is 397 g/mol. The second-order valence-electron chi connectivity index (χ2n) is 7.04. The number of hydrogen-bond acceptors (Lipinski definition) is 4. The first kappa shape index (κ1) is 20.2. The van der Waals surface area contributed by atoms with E-state index < -0.39 is 17.9 Å². The van der Waals surface area contributed by atoms with Gasteiger partial charge in [0.25, 0.3) is 5.91 Å². The van der Waals surface area contributed by atoms with Gasteiger partial charge >= 0.3 is 12.0 Å². The summed E-state index contributed by atoms with van der Waals surface area (Å²) in [6, 6.07) is 9.80. The number of carboxylic acids is 1. The molecule has 0 aromatic heterocycles. The maximum absolute atomic E-state index is 12.5. The van der Waals surface area contributed by atoms with E-state index in [2.05, 4.69) is 16.0 Å². The molecule has 1 aliphatic rings. The second-order valence-corrected chi connectivity index (χ2v) is 7.04. The minimum atomic E-state index is -1.18. The van der Waals surface area contributed by atoms with Crippen molar-refractivity contribution in [2.45, 2.75) is 32.4 Å². The minimum absolute atomic E-state index is 0.00113. The number of amides is 3. The molecule has 2 aromatic carbocycles. The molecule has 29 heavy (non-hydrogen) atoms. The lowest BCUT2D eigenvalue weighted by Gasteiger charge is -2.16. The zero-order valence-corrected chi connectivity index (χ0v) is 16.2. The van der Waals surface area contributed by atoms with E-state index in [4.69, 9.17) is 4.74 Å². The van der Waals surface area contributed by atoms with E-state index in [-0.39, 0.29) is 17.6 Å². The molecule has 0 saturated heterocycles. The highest BCUT2D eigenvalue weighted by molar-refractivity contribution is 5.97. The van der Waals surface area contributed by atoms with Crippen LogP contribution in [-0.4, -0.2) is 35.7 Å². The number of hydrogen-bond donors (Lipinski definition) is 4. The van der Waals surface area contributed by atoms with Crippen molar-refractivity contribution in [3.8, 4) is 5.75 Å². The van der Waals surface area contributed by atoms with Gasteiger partial charge in [-0.2, -0.15) is 0 Å². The summed E-state index contributed by atoms with van der Waals surface area (Å²) in [6.45, 7) is 4.26. The number of rotatable bonds is 6. The minimum Gasteiger partial charge on any atom is -0.493 e. The average Bonchev–Trinajstić information content (AvgIpc) is 3.13. The van der Waals surface area contributed by atoms with Crippen LogP contribution >= 0.6 is 0 Å². The van der Waals surface area contributed by atoms with Crippen LogP contribution in [0.15, 0.2) is 42.5 Å². The van der Waals surface area contributed by atoms with Gasteiger partial charge in [0.15, 0.2) is 6.04 Å². The molecule has 0 fully saturated rings. The molecule has 1 unspecified atom stereocenters. The Morgan fingerprint density at radius 1 is 1.03 bits per heavy atom. The third kappa shape index (κ3) is 5.04. The van der Waals surface area contributed by atoms with Crippen molar-refractivity contribution in [2.75, 3.05) is 11.9 Å². The number of fused-ring (bicyclic) bond motifs is 1. The molecule has 152 valence electrons. The van der Waals surface area contributed by atoms with Crippen molar-refractivity contribution < 1.29 is 24.2 Å². The van der Waals surface area contributed by atoms with Gasteiger partial charge in [-0.25, -0.2) is 9.59 Å². The number of carbonyl (C=O) groups is 3. The van der Waals surface area contributed by atoms with Crippen LogP contribution in [0.5, 0.6) is 5.75 Å². The number of benzene rings is 2. The molecule has 1 aliphatic heterocycles. The first-order valence-electron chi connectivity index (χ1n) is 9.30. The first-order chi connectivity index (χ1) is 13.8. The predicted molar refractivity (Wildman–Crippen MR) is 107 cm³/mol. The Bertz CT molecular complexity index is 924. The van der Waals surface area contributed by atoms with E-state index >= 15 is 0 Å². The molecule has 3 amide bonds. The van der Waals surface area contributed by atoms with Crippen molar-refractivity contribution in [1.82, 2.24) is 10.6 Å². The molecule has 4 N–H and O–H groups in total. The molecule has 8 heteroatoms. The summed E-state index contributed by atoms with van der Waals surface area (Å²) in [4.78, 5) is 36.0. The zero-order valence-electron chi connectivity index (χ0n) is 16.2. The number of carboxylic acid groups (broad SMARTS) is 1. The lowest BCUT2D eigenvalue weighted by Crippen LogP contribution is -2.34. The molecule has 1 heterocycles. The molecule has 0 saturated carbocycles. The normalized spacial score (nSPS) is 13.2. The van der Waals surface area contributed by atoms with Crippen LogP contribution in [0.25, 0.3) is 0 Å². The maximum Gasteiger partial charge on any atom is 0.330 e. The Labute approximate surface area is 168 Å². The number of aliphatic carboxylic acids is 1. The van der Waals surface area contributed by atoms with Crippen molar-refractivity contribution in [1.29, 1.82) is 0 Å². The van der Waals surface area contributed by atoms with E-state index in [1.165, 1.54) is 12.1 Å². The lowest BCUT2D eigenvalue weighted by molar-refractivity contribution is -0.139. The fraction of sp³-hybridized carbons (Fsp3) is 0.286. The molecule has 0 spiro atoms. The van der Waals surface area contributed by atoms with E-state index in [9.17, 15) is 19.5 Å². The van der Waals surface area contributed by atoms with Gasteiger partial charge < -0.3 is 25.8 Å². The van der Waals surface area contributed by atoms with E-state index in [0.717, 1.165) is 11.3 Å². The Kier molecular flexibility index (Phi) is 6.01. The molecular weight excluding hydrogens is 374 g/mol. The van der Waals surface area contributed by atoms with Gasteiger partial charge in [-0.3, -0.25) is 4.79 Å². The summed E-state index contributed by atoms with van der Waals surface area (Å²) >= 11 is 0. The van der Waals surface area contributed by atoms with E-state index in [1.807, 2.05) is 13.8 Å². The van der Waals surface area contributed by atoms with Gasteiger partial charge in [0, 0.05) is 23.7 Å². The van der Waals surface area contributed by atoms with E-state index in [0.29, 0.717) is 24.3 Å². The number of nitrogens with one attached hydrogen (secondary N) is 3. The predicted octanol–water partition coefficient (Wildman–Crippen LogP) is 2.71. The Morgan fingerprint density at radius 3 is 2.41 bits per heavy atom. The highest BCUT2D eigenvalue weighted by Crippen LogP contribution is 2.28. The molecule has 0 radical (unpaired) electrons. The number of urea groups is 1. The Morgan fingerprint density at radius 2 is 1.76 bits per heavy atom. The topological polar surface area (TPSA) is 117 Å². The second kappa shape index (κ2) is 8.64. The number of carbonyl (C=O) groups excluding carboxylic acids is 2. The molecule has 8 nitrogen and oxygen atoms in total. The fourth-order valence-electron chi connectivity index (χ4n) is 3.02. The van der Waals surface area contributed by atoms with Gasteiger partial charge in [0.1, 0.15) is 5.75 Å². The van der Waals surface area contributed by atoms with Crippen LogP contribution in [0, 0.1) is 0 Å². The van der Waals surface area contributed by atoms with Crippen LogP contribution in [0.1, 0.15) is 41.4 Å². The fourth-order valence-corrected chi connectivity index (χ4v) is 3.02. The molecule has 1 atom stereocenters. The van der Waals surface area contributed by atoms with Crippen molar-refractivity contribution in [3.63, 3.8) is 0 Å². The summed E-state index contributed by atoms with van der Waals surface area (Å²) in [5.41, 5.74) is 2.22. The van der Waals surface area contributed by atoms with Crippen molar-refractivity contribution in [2.24, 2.45) is 0 Å². The van der Waals surface area contributed by atoms with Crippen LogP contribution in [-0.2, 0) is 11.2 Å². The number of ether oxygens (including phenoxy) is 1. The van der Waals surface area contributed by atoms with Gasteiger partial charge in [0.2, 0.25) is 0 Å². The van der Waals surface area contributed by atoms with Crippen LogP contribution < -0.4 is 20.7 Å². The van der Waals surface area contributed by atoms with E-state index in [1.54, 1.807) is 30.3 Å². The van der Waals surface area contributed by atoms with Gasteiger partial charge in [-0.15, -0.1) is 0 Å². The molecule has 0 bridgehead atoms. The molecule has 2 aromatic rings. The van der Waals surface area contributed by atoms with Gasteiger partial charge in [0.05, 0.1) is 6.61 Å². The third-order valence-corrected chi connectivity index (χ3v) is 4.39. The smallest absolute Gasteiger partial charge is 0.330 e. The summed E-state index contributed by atoms with van der Waals surface area (Å²) in [6.07, 6.45) is 0.711. The van der Waals surface area contributed by atoms with Gasteiger partial charge in [-0.05, 0) is 61.4 Å². The maximum atomic E-state index is 12.5. The van der Waals surface area contributed by atoms with Crippen molar-refractivity contribution in [3.05, 3.63) is 59.2 Å². The zero-order chi connectivity index (χ0) is 21.0. The summed E-state index contributed by atoms with van der Waals surface area (Å²) in [7, 11) is 0. The van der Waals surface area contributed by atoms with Crippen LogP contribution in [0.4, 0.5) is 10.5 Å². The quantitative estimate of drug-likeness (QED) is 0.598. The molecular formula is C21H23N3O5.